The van der Waals surface area contributed by atoms with E-state index in [1.54, 1.807) is 6.26 Å². The van der Waals surface area contributed by atoms with Gasteiger partial charge < -0.3 is 14.3 Å². The first-order chi connectivity index (χ1) is 13.4. The van der Waals surface area contributed by atoms with E-state index in [-0.39, 0.29) is 6.04 Å². The van der Waals surface area contributed by atoms with Crippen LogP contribution in [0.4, 0.5) is 0 Å². The molecule has 5 nitrogen and oxygen atoms in total. The summed E-state index contributed by atoms with van der Waals surface area (Å²) in [5.74, 6) is 1.04. The van der Waals surface area contributed by atoms with Gasteiger partial charge in [0, 0.05) is 36.7 Å². The number of furan rings is 1. The molecule has 3 heterocycles. The van der Waals surface area contributed by atoms with Crippen LogP contribution in [0.15, 0.2) is 53.3 Å². The number of nitrogens with one attached hydrogen (secondary N) is 1. The maximum Gasteiger partial charge on any atom is 0.122 e. The Morgan fingerprint density at radius 1 is 1.15 bits per heavy atom. The molecule has 4 rings (SSSR count). The van der Waals surface area contributed by atoms with E-state index in [0.717, 1.165) is 38.5 Å². The smallest absolute Gasteiger partial charge is 0.122 e. The molecular weight excluding hydrogens is 336 g/mol. The molecule has 1 aliphatic rings. The average molecular weight is 362 g/mol. The standard InChI is InChI=1S/C22H26N4O/c23-10-6-13-26-17-18(19-7-1-2-8-20(19)26)15-24-16-21(22-9-5-14-27-22)25-11-3-4-12-25/h1-2,5,7-9,14,17,21,24H,3-4,6,11-13,15-16H2/t21-/m0/s1. The lowest BCUT2D eigenvalue weighted by molar-refractivity contribution is 0.209. The normalized spacial score (nSPS) is 16.0. The Balaban J connectivity index is 1.47. The van der Waals surface area contributed by atoms with Crippen LogP contribution in [0.2, 0.25) is 0 Å². The summed E-state index contributed by atoms with van der Waals surface area (Å²) in [6.45, 7) is 4.69. The van der Waals surface area contributed by atoms with E-state index in [9.17, 15) is 0 Å². The Bertz CT molecular complexity index is 900. The van der Waals surface area contributed by atoms with Crippen molar-refractivity contribution in [1.29, 1.82) is 5.26 Å². The minimum absolute atomic E-state index is 0.287. The van der Waals surface area contributed by atoms with E-state index < -0.39 is 0 Å². The fraction of sp³-hybridized carbons (Fsp3) is 0.409. The Kier molecular flexibility index (Phi) is 5.57. The fourth-order valence-corrected chi connectivity index (χ4v) is 4.11. The number of aromatic nitrogens is 1. The molecule has 0 amide bonds. The summed E-state index contributed by atoms with van der Waals surface area (Å²) in [5, 5.41) is 13.8. The molecule has 27 heavy (non-hydrogen) atoms. The lowest BCUT2D eigenvalue weighted by atomic mass is 10.1. The molecule has 1 aromatic carbocycles. The number of fused-ring (bicyclic) bond motifs is 1. The van der Waals surface area contributed by atoms with Crippen molar-refractivity contribution < 1.29 is 4.42 Å². The minimum atomic E-state index is 0.287. The first-order valence-electron chi connectivity index (χ1n) is 9.78. The molecular formula is C22H26N4O. The molecule has 1 N–H and O–H groups in total. The van der Waals surface area contributed by atoms with Gasteiger partial charge in [-0.25, -0.2) is 0 Å². The number of aryl methyl sites for hydroxylation is 1. The highest BCUT2D eigenvalue weighted by Crippen LogP contribution is 2.26. The van der Waals surface area contributed by atoms with Gasteiger partial charge >= 0.3 is 0 Å². The summed E-state index contributed by atoms with van der Waals surface area (Å²) in [6, 6.07) is 15.0. The quantitative estimate of drug-likeness (QED) is 0.656. The summed E-state index contributed by atoms with van der Waals surface area (Å²) < 4.78 is 7.91. The van der Waals surface area contributed by atoms with E-state index in [1.165, 1.54) is 29.3 Å². The molecule has 3 aromatic rings. The van der Waals surface area contributed by atoms with Gasteiger partial charge in [-0.2, -0.15) is 5.26 Å². The van der Waals surface area contributed by atoms with Crippen molar-refractivity contribution in [2.45, 2.75) is 38.4 Å². The number of likely N-dealkylation sites (tertiary alicyclic amines) is 1. The molecule has 1 fully saturated rings. The highest BCUT2D eigenvalue weighted by molar-refractivity contribution is 5.83. The molecule has 1 aliphatic heterocycles. The Hall–Kier alpha value is -2.55. The van der Waals surface area contributed by atoms with E-state index in [1.807, 2.05) is 6.07 Å². The van der Waals surface area contributed by atoms with Gasteiger partial charge in [-0.1, -0.05) is 18.2 Å². The second-order valence-electron chi connectivity index (χ2n) is 7.18. The first kappa shape index (κ1) is 17.8. The van der Waals surface area contributed by atoms with E-state index in [2.05, 4.69) is 57.4 Å². The highest BCUT2D eigenvalue weighted by Gasteiger charge is 2.25. The Labute approximate surface area is 160 Å². The van der Waals surface area contributed by atoms with Crippen molar-refractivity contribution in [3.8, 4) is 6.07 Å². The number of nitriles is 1. The largest absolute Gasteiger partial charge is 0.468 e. The minimum Gasteiger partial charge on any atom is -0.468 e. The third kappa shape index (κ3) is 3.92. The van der Waals surface area contributed by atoms with Gasteiger partial charge in [0.2, 0.25) is 0 Å². The van der Waals surface area contributed by atoms with Gasteiger partial charge in [-0.15, -0.1) is 0 Å². The summed E-state index contributed by atoms with van der Waals surface area (Å²) in [7, 11) is 0. The van der Waals surface area contributed by atoms with Gasteiger partial charge in [-0.3, -0.25) is 4.90 Å². The van der Waals surface area contributed by atoms with Gasteiger partial charge in [0.25, 0.3) is 0 Å². The van der Waals surface area contributed by atoms with Crippen molar-refractivity contribution in [3.05, 3.63) is 60.2 Å². The second-order valence-corrected chi connectivity index (χ2v) is 7.18. The maximum atomic E-state index is 8.91. The Morgan fingerprint density at radius 2 is 2.00 bits per heavy atom. The summed E-state index contributed by atoms with van der Waals surface area (Å²) >= 11 is 0. The molecule has 2 aromatic heterocycles. The topological polar surface area (TPSA) is 57.1 Å². The van der Waals surface area contributed by atoms with Crippen LogP contribution in [0.25, 0.3) is 10.9 Å². The molecule has 0 unspecified atom stereocenters. The number of nitrogens with zero attached hydrogens (tertiary/aromatic N) is 3. The molecule has 1 atom stereocenters. The lowest BCUT2D eigenvalue weighted by Gasteiger charge is -2.26. The van der Waals surface area contributed by atoms with E-state index in [0.29, 0.717) is 6.42 Å². The summed E-state index contributed by atoms with van der Waals surface area (Å²) in [6.07, 6.45) is 7.02. The molecule has 140 valence electrons. The molecule has 0 spiro atoms. The van der Waals surface area contributed by atoms with Crippen molar-refractivity contribution in [2.75, 3.05) is 19.6 Å². The molecule has 0 saturated carbocycles. The van der Waals surface area contributed by atoms with Crippen LogP contribution in [-0.4, -0.2) is 29.1 Å². The zero-order valence-corrected chi connectivity index (χ0v) is 15.6. The van der Waals surface area contributed by atoms with Gasteiger partial charge in [0.15, 0.2) is 0 Å². The molecule has 0 radical (unpaired) electrons. The molecule has 1 saturated heterocycles. The van der Waals surface area contributed by atoms with Gasteiger partial charge in [0.1, 0.15) is 5.76 Å². The van der Waals surface area contributed by atoms with Crippen LogP contribution in [0.5, 0.6) is 0 Å². The predicted octanol–water partition coefficient (Wildman–Crippen LogP) is 4.07. The monoisotopic (exact) mass is 362 g/mol. The second kappa shape index (κ2) is 8.43. The molecule has 0 aliphatic carbocycles. The van der Waals surface area contributed by atoms with Crippen LogP contribution >= 0.6 is 0 Å². The van der Waals surface area contributed by atoms with Crippen molar-refractivity contribution in [1.82, 2.24) is 14.8 Å². The third-order valence-corrected chi connectivity index (χ3v) is 5.44. The zero-order valence-electron chi connectivity index (χ0n) is 15.6. The van der Waals surface area contributed by atoms with E-state index >= 15 is 0 Å². The van der Waals surface area contributed by atoms with Crippen LogP contribution in [0, 0.1) is 11.3 Å². The van der Waals surface area contributed by atoms with Crippen molar-refractivity contribution in [3.63, 3.8) is 0 Å². The maximum absolute atomic E-state index is 8.91. The average Bonchev–Trinajstić information content (AvgIpc) is 3.45. The highest BCUT2D eigenvalue weighted by atomic mass is 16.3. The number of rotatable bonds is 8. The summed E-state index contributed by atoms with van der Waals surface area (Å²) in [5.41, 5.74) is 2.48. The Morgan fingerprint density at radius 3 is 2.78 bits per heavy atom. The van der Waals surface area contributed by atoms with Crippen LogP contribution < -0.4 is 5.32 Å². The SMILES string of the molecule is N#CCCn1cc(CNC[C@@H](c2ccco2)N2CCCC2)c2ccccc21. The van der Waals surface area contributed by atoms with Crippen LogP contribution in [0.3, 0.4) is 0 Å². The molecule has 0 bridgehead atoms. The van der Waals surface area contributed by atoms with E-state index in [4.69, 9.17) is 9.68 Å². The lowest BCUT2D eigenvalue weighted by Crippen LogP contribution is -2.33. The van der Waals surface area contributed by atoms with Gasteiger partial charge in [-0.05, 0) is 49.7 Å². The number of hydrogen-bond donors (Lipinski definition) is 1. The van der Waals surface area contributed by atoms with Crippen LogP contribution in [0.1, 0.15) is 36.6 Å². The zero-order chi connectivity index (χ0) is 18.5. The molecule has 5 heteroatoms. The fourth-order valence-electron chi connectivity index (χ4n) is 4.11. The van der Waals surface area contributed by atoms with Gasteiger partial charge in [0.05, 0.1) is 24.8 Å². The van der Waals surface area contributed by atoms with Crippen molar-refractivity contribution in [2.24, 2.45) is 0 Å². The number of para-hydroxylation sites is 1. The van der Waals surface area contributed by atoms with Crippen LogP contribution in [-0.2, 0) is 13.1 Å². The number of benzene rings is 1. The van der Waals surface area contributed by atoms with Crippen molar-refractivity contribution >= 4 is 10.9 Å². The first-order valence-corrected chi connectivity index (χ1v) is 9.78. The predicted molar refractivity (Wildman–Crippen MR) is 106 cm³/mol. The number of hydrogen-bond acceptors (Lipinski definition) is 4. The third-order valence-electron chi connectivity index (χ3n) is 5.44. The summed E-state index contributed by atoms with van der Waals surface area (Å²) in [4.78, 5) is 2.52.